The minimum Gasteiger partial charge on any atom is -0.456 e. The minimum absolute atomic E-state index is 0.0241. The van der Waals surface area contributed by atoms with Crippen LogP contribution in [-0.4, -0.2) is 66.5 Å². The number of nitrogens with zero attached hydrogens (tertiary/aromatic N) is 2. The second-order valence-electron chi connectivity index (χ2n) is 9.65. The Kier molecular flexibility index (Phi) is 8.19. The summed E-state index contributed by atoms with van der Waals surface area (Å²) in [6.07, 6.45) is 3.19. The van der Waals surface area contributed by atoms with Crippen molar-refractivity contribution in [2.24, 2.45) is 0 Å². The number of nitrogens with one attached hydrogen (secondary N) is 3. The van der Waals surface area contributed by atoms with E-state index >= 15 is 0 Å². The lowest BCUT2D eigenvalue weighted by molar-refractivity contribution is -0.384. The Morgan fingerprint density at radius 3 is 2.59 bits per heavy atom. The summed E-state index contributed by atoms with van der Waals surface area (Å²) >= 11 is 0. The number of nitro benzene ring substituents is 1. The van der Waals surface area contributed by atoms with E-state index in [1.807, 2.05) is 16.9 Å². The number of nitro groups is 1. The van der Waals surface area contributed by atoms with Crippen molar-refractivity contribution in [1.29, 1.82) is 0 Å². The van der Waals surface area contributed by atoms with Crippen molar-refractivity contribution in [1.82, 2.24) is 14.6 Å². The number of H-pyrrole nitrogens is 1. The van der Waals surface area contributed by atoms with E-state index < -0.39 is 31.4 Å². The fourth-order valence-electron chi connectivity index (χ4n) is 4.86. The van der Waals surface area contributed by atoms with E-state index in [4.69, 9.17) is 9.84 Å². The molecule has 1 aromatic heterocycles. The Morgan fingerprint density at radius 1 is 1.07 bits per heavy atom. The van der Waals surface area contributed by atoms with Crippen LogP contribution in [0.5, 0.6) is 11.5 Å². The van der Waals surface area contributed by atoms with Gasteiger partial charge in [-0.2, -0.15) is 0 Å². The number of piperidine rings is 1. The number of para-hydroxylation sites is 1. The molecule has 2 heterocycles. The van der Waals surface area contributed by atoms with E-state index in [9.17, 15) is 23.3 Å². The number of likely N-dealkylation sites (tertiary alicyclic amines) is 1. The fraction of sp³-hybridized carbons (Fsp3) is 0.250. The van der Waals surface area contributed by atoms with Crippen molar-refractivity contribution in [2.75, 3.05) is 31.6 Å². The second-order valence-corrected chi connectivity index (χ2v) is 11.3. The normalized spacial score (nSPS) is 14.6. The first-order chi connectivity index (χ1) is 19.7. The fourth-order valence-corrected chi connectivity index (χ4v) is 5.84. The predicted octanol–water partition coefficient (Wildman–Crippen LogP) is 3.86. The Bertz CT molecular complexity index is 1680. The van der Waals surface area contributed by atoms with Gasteiger partial charge in [0.15, 0.2) is 0 Å². The lowest BCUT2D eigenvalue weighted by Crippen LogP contribution is -2.40. The molecule has 1 fully saturated rings. The largest absolute Gasteiger partial charge is 0.456 e. The van der Waals surface area contributed by atoms with Gasteiger partial charge in [0, 0.05) is 48.8 Å². The number of sulfonamides is 1. The molecule has 214 valence electrons. The van der Waals surface area contributed by atoms with Gasteiger partial charge in [-0.1, -0.05) is 18.2 Å². The summed E-state index contributed by atoms with van der Waals surface area (Å²) in [5.41, 5.74) is 0.586. The average molecular weight is 580 g/mol. The van der Waals surface area contributed by atoms with Crippen molar-refractivity contribution < 1.29 is 28.0 Å². The summed E-state index contributed by atoms with van der Waals surface area (Å²) in [7, 11) is -4.47. The van der Waals surface area contributed by atoms with Crippen LogP contribution in [-0.2, 0) is 10.0 Å². The molecule has 1 amide bonds. The van der Waals surface area contributed by atoms with Crippen LogP contribution in [0.2, 0.25) is 0 Å². The number of amides is 1. The van der Waals surface area contributed by atoms with Crippen LogP contribution in [0, 0.1) is 10.1 Å². The maximum atomic E-state index is 13.2. The second kappa shape index (κ2) is 12.0. The molecule has 4 aromatic rings. The number of rotatable bonds is 10. The van der Waals surface area contributed by atoms with Gasteiger partial charge >= 0.3 is 0 Å². The van der Waals surface area contributed by atoms with Crippen LogP contribution in [0.15, 0.2) is 77.8 Å². The van der Waals surface area contributed by atoms with E-state index in [0.717, 1.165) is 30.1 Å². The van der Waals surface area contributed by atoms with E-state index in [1.54, 1.807) is 36.5 Å². The molecular weight excluding hydrogens is 550 g/mol. The number of benzene rings is 3. The lowest BCUT2D eigenvalue weighted by atomic mass is 10.0. The first-order valence-corrected chi connectivity index (χ1v) is 14.5. The number of aliphatic hydroxyl groups is 1. The molecule has 3 aromatic carbocycles. The zero-order valence-corrected chi connectivity index (χ0v) is 22.8. The van der Waals surface area contributed by atoms with E-state index in [-0.39, 0.29) is 29.6 Å². The van der Waals surface area contributed by atoms with Gasteiger partial charge in [0.05, 0.1) is 22.0 Å². The molecule has 0 saturated carbocycles. The molecule has 4 N–H and O–H groups in total. The standard InChI is InChI=1S/C28H29N5O7S/c34-17-16-32-14-11-19(12-15-32)30-24-9-8-20(18-25(24)33(36)37)41(38,39)31-28(35)22-4-1-2-6-27(22)40-26-7-3-5-23-21(26)10-13-29-23/h1-10,13,18-19,29-30,34H,11-12,14-17H2,(H,31,35). The van der Waals surface area contributed by atoms with Gasteiger partial charge in [-0.3, -0.25) is 14.9 Å². The summed E-state index contributed by atoms with van der Waals surface area (Å²) in [6.45, 7) is 2.11. The van der Waals surface area contributed by atoms with Crippen LogP contribution in [0.1, 0.15) is 23.2 Å². The van der Waals surface area contributed by atoms with Crippen LogP contribution >= 0.6 is 0 Å². The molecule has 0 bridgehead atoms. The highest BCUT2D eigenvalue weighted by molar-refractivity contribution is 7.90. The third-order valence-electron chi connectivity index (χ3n) is 6.97. The summed E-state index contributed by atoms with van der Waals surface area (Å²) in [4.78, 5) is 29.1. The van der Waals surface area contributed by atoms with Crippen molar-refractivity contribution in [3.05, 3.63) is 88.6 Å². The molecule has 5 rings (SSSR count). The summed E-state index contributed by atoms with van der Waals surface area (Å²) in [5, 5.41) is 24.9. The number of hydrogen-bond donors (Lipinski definition) is 4. The van der Waals surface area contributed by atoms with Crippen LogP contribution in [0.3, 0.4) is 0 Å². The van der Waals surface area contributed by atoms with Crippen molar-refractivity contribution in [2.45, 2.75) is 23.8 Å². The van der Waals surface area contributed by atoms with Gasteiger partial charge < -0.3 is 25.0 Å². The molecule has 41 heavy (non-hydrogen) atoms. The molecule has 1 aliphatic heterocycles. The van der Waals surface area contributed by atoms with Crippen molar-refractivity contribution in [3.8, 4) is 11.5 Å². The molecule has 0 radical (unpaired) electrons. The Morgan fingerprint density at radius 2 is 1.83 bits per heavy atom. The number of carbonyl (C=O) groups excluding carboxylic acids is 1. The topological polar surface area (TPSA) is 167 Å². The summed E-state index contributed by atoms with van der Waals surface area (Å²) < 4.78 is 34.3. The minimum atomic E-state index is -4.47. The van der Waals surface area contributed by atoms with Gasteiger partial charge in [0.1, 0.15) is 17.2 Å². The SMILES string of the molecule is O=C(NS(=O)(=O)c1ccc(NC2CCN(CCO)CC2)c([N+](=O)[O-])c1)c1ccccc1Oc1cccc2[nH]ccc12. The van der Waals surface area contributed by atoms with Gasteiger partial charge in [-0.05, 0) is 55.3 Å². The van der Waals surface area contributed by atoms with E-state index in [1.165, 1.54) is 18.2 Å². The molecule has 1 aliphatic rings. The maximum Gasteiger partial charge on any atom is 0.293 e. The zero-order chi connectivity index (χ0) is 29.0. The maximum absolute atomic E-state index is 13.2. The van der Waals surface area contributed by atoms with Crippen LogP contribution in [0.25, 0.3) is 10.9 Å². The number of aliphatic hydroxyl groups excluding tert-OH is 1. The smallest absolute Gasteiger partial charge is 0.293 e. The average Bonchev–Trinajstić information content (AvgIpc) is 3.44. The molecule has 0 unspecified atom stereocenters. The Hall–Kier alpha value is -4.46. The monoisotopic (exact) mass is 579 g/mol. The predicted molar refractivity (Wildman–Crippen MR) is 153 cm³/mol. The highest BCUT2D eigenvalue weighted by Crippen LogP contribution is 2.32. The summed E-state index contributed by atoms with van der Waals surface area (Å²) in [5.74, 6) is -0.324. The number of hydrogen-bond acceptors (Lipinski definition) is 9. The van der Waals surface area contributed by atoms with Gasteiger partial charge in [0.25, 0.3) is 21.6 Å². The molecule has 12 nitrogen and oxygen atoms in total. The molecule has 1 saturated heterocycles. The van der Waals surface area contributed by atoms with Crippen LogP contribution < -0.4 is 14.8 Å². The first kappa shape index (κ1) is 28.1. The quantitative estimate of drug-likeness (QED) is 0.161. The number of aromatic nitrogens is 1. The molecular formula is C28H29N5O7S. The molecule has 0 spiro atoms. The highest BCUT2D eigenvalue weighted by atomic mass is 32.2. The molecule has 0 atom stereocenters. The third-order valence-corrected chi connectivity index (χ3v) is 8.30. The first-order valence-electron chi connectivity index (χ1n) is 13.0. The third kappa shape index (κ3) is 6.32. The zero-order valence-electron chi connectivity index (χ0n) is 21.9. The lowest BCUT2D eigenvalue weighted by Gasteiger charge is -2.32. The number of aromatic amines is 1. The van der Waals surface area contributed by atoms with Crippen molar-refractivity contribution >= 4 is 38.2 Å². The number of carbonyl (C=O) groups is 1. The van der Waals surface area contributed by atoms with E-state index in [2.05, 4.69) is 15.2 Å². The van der Waals surface area contributed by atoms with Gasteiger partial charge in [-0.25, -0.2) is 13.1 Å². The van der Waals surface area contributed by atoms with Gasteiger partial charge in [-0.15, -0.1) is 0 Å². The number of β-amino-alcohol motifs (C(OH)–C–C–N with tert-alkyl or cyclic N) is 1. The number of fused-ring (bicyclic) bond motifs is 1. The number of anilines is 1. The van der Waals surface area contributed by atoms with E-state index in [0.29, 0.717) is 25.1 Å². The highest BCUT2D eigenvalue weighted by Gasteiger charge is 2.27. The van der Waals surface area contributed by atoms with Crippen molar-refractivity contribution in [3.63, 3.8) is 0 Å². The summed E-state index contributed by atoms with van der Waals surface area (Å²) in [6, 6.07) is 16.9. The Labute approximate surface area is 236 Å². The van der Waals surface area contributed by atoms with Gasteiger partial charge in [0.2, 0.25) is 0 Å². The van der Waals surface area contributed by atoms with Crippen LogP contribution in [0.4, 0.5) is 11.4 Å². The number of ether oxygens (including phenoxy) is 1. The Balaban J connectivity index is 1.33. The molecule has 13 heteroatoms. The molecule has 0 aliphatic carbocycles.